The van der Waals surface area contributed by atoms with Crippen LogP contribution in [0.4, 0.5) is 0 Å². The van der Waals surface area contributed by atoms with Gasteiger partial charge in [0.2, 0.25) is 0 Å². The number of ether oxygens (including phenoxy) is 2. The highest BCUT2D eigenvalue weighted by molar-refractivity contribution is 6.11. The molecule has 0 spiro atoms. The molecule has 0 bridgehead atoms. The molecule has 2 heteroatoms. The molecule has 180 valence electrons. The summed E-state index contributed by atoms with van der Waals surface area (Å²) in [5.74, 6) is 2.19. The predicted molar refractivity (Wildman–Crippen MR) is 150 cm³/mol. The predicted octanol–water partition coefficient (Wildman–Crippen LogP) is 7.85. The van der Waals surface area contributed by atoms with E-state index in [1.807, 2.05) is 0 Å². The van der Waals surface area contributed by atoms with E-state index in [2.05, 4.69) is 97.1 Å². The highest BCUT2D eigenvalue weighted by Gasteiger charge is 2.58. The van der Waals surface area contributed by atoms with Gasteiger partial charge in [0.05, 0.1) is 14.2 Å². The van der Waals surface area contributed by atoms with Crippen LogP contribution in [0.1, 0.15) is 45.7 Å². The number of hydrogen-bond acceptors (Lipinski definition) is 2. The molecule has 4 aliphatic carbocycles. The minimum absolute atomic E-state index is 0.136. The van der Waals surface area contributed by atoms with Gasteiger partial charge >= 0.3 is 0 Å². The lowest BCUT2D eigenvalue weighted by atomic mass is 9.52. The maximum Gasteiger partial charge on any atom is 0.118 e. The van der Waals surface area contributed by atoms with Crippen LogP contribution >= 0.6 is 0 Å². The smallest absolute Gasteiger partial charge is 0.118 e. The van der Waals surface area contributed by atoms with Crippen molar-refractivity contribution >= 4 is 22.4 Å². The SMILES string of the molecule is COc1ccc(C(c2ccc(OC)cc2)C23C4=C5C=CC2C=Cc2ccc6ccc(c4c6c23)CC5)cc1. The molecule has 0 saturated heterocycles. The Bertz CT molecular complexity index is 1640. The van der Waals surface area contributed by atoms with Crippen molar-refractivity contribution in [2.45, 2.75) is 24.2 Å². The molecule has 0 fully saturated rings. The van der Waals surface area contributed by atoms with Crippen molar-refractivity contribution in [3.8, 4) is 11.5 Å². The number of hydrogen-bond donors (Lipinski definition) is 0. The molecule has 0 heterocycles. The second kappa shape index (κ2) is 7.49. The van der Waals surface area contributed by atoms with Crippen LogP contribution in [-0.2, 0) is 11.8 Å². The topological polar surface area (TPSA) is 18.5 Å². The van der Waals surface area contributed by atoms with Crippen LogP contribution in [0.3, 0.4) is 0 Å². The summed E-state index contributed by atoms with van der Waals surface area (Å²) < 4.78 is 11.1. The summed E-state index contributed by atoms with van der Waals surface area (Å²) in [6.07, 6.45) is 11.9. The molecule has 0 aromatic heterocycles. The van der Waals surface area contributed by atoms with Crippen molar-refractivity contribution in [2.75, 3.05) is 14.2 Å². The fourth-order valence-corrected chi connectivity index (χ4v) is 7.80. The Kier molecular flexibility index (Phi) is 4.27. The first-order valence-corrected chi connectivity index (χ1v) is 13.2. The molecule has 4 aliphatic rings. The van der Waals surface area contributed by atoms with E-state index >= 15 is 0 Å². The van der Waals surface area contributed by atoms with Crippen LogP contribution in [-0.4, -0.2) is 14.2 Å². The lowest BCUT2D eigenvalue weighted by Gasteiger charge is -2.50. The van der Waals surface area contributed by atoms with E-state index in [0.29, 0.717) is 0 Å². The quantitative estimate of drug-likeness (QED) is 0.290. The molecular formula is C35H28O2. The zero-order valence-electron chi connectivity index (χ0n) is 21.1. The first-order valence-electron chi connectivity index (χ1n) is 13.2. The summed E-state index contributed by atoms with van der Waals surface area (Å²) in [4.78, 5) is 0. The fourth-order valence-electron chi connectivity index (χ4n) is 7.80. The van der Waals surface area contributed by atoms with Crippen molar-refractivity contribution in [1.82, 2.24) is 0 Å². The van der Waals surface area contributed by atoms with E-state index in [1.54, 1.807) is 19.8 Å². The molecule has 2 atom stereocenters. The standard InChI is InChI=1S/C35H28O2/c1-36-28-17-11-23(12-18-28)32(24-13-19-29(37-2)20-14-24)35-27-15-9-25-7-5-21-3-4-22-6-8-26(10-16-27)34(35)31(22)30(21)33(25)35/h3-5,7,9-20,27,32H,6,8H2,1-2H3. The largest absolute Gasteiger partial charge is 0.497 e. The second-order valence-electron chi connectivity index (χ2n) is 10.7. The van der Waals surface area contributed by atoms with Crippen LogP contribution in [0.5, 0.6) is 11.5 Å². The van der Waals surface area contributed by atoms with Crippen LogP contribution in [0.25, 0.3) is 22.4 Å². The van der Waals surface area contributed by atoms with Gasteiger partial charge in [-0.3, -0.25) is 0 Å². The van der Waals surface area contributed by atoms with Crippen molar-refractivity contribution in [3.05, 3.63) is 130 Å². The Morgan fingerprint density at radius 1 is 0.730 bits per heavy atom. The van der Waals surface area contributed by atoms with Crippen LogP contribution in [0, 0.1) is 5.92 Å². The molecular weight excluding hydrogens is 452 g/mol. The van der Waals surface area contributed by atoms with E-state index in [1.165, 1.54) is 49.7 Å². The van der Waals surface area contributed by atoms with E-state index < -0.39 is 0 Å². The van der Waals surface area contributed by atoms with Gasteiger partial charge < -0.3 is 9.47 Å². The Morgan fingerprint density at radius 3 is 2.05 bits per heavy atom. The molecule has 2 nitrogen and oxygen atoms in total. The summed E-state index contributed by atoms with van der Waals surface area (Å²) in [6.45, 7) is 0. The van der Waals surface area contributed by atoms with Crippen molar-refractivity contribution in [2.24, 2.45) is 5.92 Å². The van der Waals surface area contributed by atoms with E-state index in [0.717, 1.165) is 24.3 Å². The molecule has 0 aliphatic heterocycles. The minimum atomic E-state index is -0.199. The number of allylic oxidation sites excluding steroid dienone is 5. The van der Waals surface area contributed by atoms with Gasteiger partial charge in [-0.05, 0) is 92.4 Å². The maximum atomic E-state index is 5.56. The van der Waals surface area contributed by atoms with Crippen molar-refractivity contribution < 1.29 is 9.47 Å². The summed E-state index contributed by atoms with van der Waals surface area (Å²) >= 11 is 0. The van der Waals surface area contributed by atoms with E-state index in [4.69, 9.17) is 9.47 Å². The third-order valence-electron chi connectivity index (χ3n) is 9.23. The van der Waals surface area contributed by atoms with Gasteiger partial charge in [-0.25, -0.2) is 0 Å². The van der Waals surface area contributed by atoms with E-state index in [-0.39, 0.29) is 17.3 Å². The molecule has 0 amide bonds. The molecule has 8 rings (SSSR count). The van der Waals surface area contributed by atoms with Gasteiger partial charge in [-0.1, -0.05) is 72.8 Å². The molecule has 37 heavy (non-hydrogen) atoms. The second-order valence-corrected chi connectivity index (χ2v) is 10.7. The number of methoxy groups -OCH3 is 2. The zero-order chi connectivity index (χ0) is 24.7. The Labute approximate surface area is 217 Å². The fraction of sp³-hybridized carbons (Fsp3) is 0.200. The Hall–Kier alpha value is -4.04. The van der Waals surface area contributed by atoms with Crippen LogP contribution in [0.2, 0.25) is 0 Å². The number of benzene rings is 4. The molecule has 4 aromatic carbocycles. The number of aryl methyl sites for hydroxylation is 1. The van der Waals surface area contributed by atoms with Gasteiger partial charge in [0.15, 0.2) is 0 Å². The highest BCUT2D eigenvalue weighted by Crippen LogP contribution is 2.68. The van der Waals surface area contributed by atoms with Crippen LogP contribution in [0.15, 0.2) is 96.6 Å². The van der Waals surface area contributed by atoms with Gasteiger partial charge in [-0.15, -0.1) is 0 Å². The summed E-state index contributed by atoms with van der Waals surface area (Å²) in [5.41, 5.74) is 11.4. The first-order chi connectivity index (χ1) is 18.2. The minimum Gasteiger partial charge on any atom is -0.497 e. The monoisotopic (exact) mass is 480 g/mol. The van der Waals surface area contributed by atoms with Crippen molar-refractivity contribution in [1.29, 1.82) is 0 Å². The van der Waals surface area contributed by atoms with Crippen molar-refractivity contribution in [3.63, 3.8) is 0 Å². The molecule has 0 N–H and O–H groups in total. The van der Waals surface area contributed by atoms with Crippen LogP contribution < -0.4 is 9.47 Å². The first kappa shape index (κ1) is 21.1. The normalized spacial score (nSPS) is 21.9. The van der Waals surface area contributed by atoms with Gasteiger partial charge in [-0.2, -0.15) is 0 Å². The van der Waals surface area contributed by atoms with Gasteiger partial charge in [0.1, 0.15) is 11.5 Å². The lowest BCUT2D eigenvalue weighted by Crippen LogP contribution is -2.43. The third kappa shape index (κ3) is 2.60. The van der Waals surface area contributed by atoms with Gasteiger partial charge in [0.25, 0.3) is 0 Å². The Morgan fingerprint density at radius 2 is 1.38 bits per heavy atom. The average molecular weight is 481 g/mol. The third-order valence-corrected chi connectivity index (χ3v) is 9.23. The molecule has 0 saturated carbocycles. The summed E-state index contributed by atoms with van der Waals surface area (Å²) in [7, 11) is 3.47. The zero-order valence-corrected chi connectivity index (χ0v) is 21.1. The van der Waals surface area contributed by atoms with E-state index in [9.17, 15) is 0 Å². The number of rotatable bonds is 5. The average Bonchev–Trinajstić information content (AvgIpc) is 3.29. The maximum absolute atomic E-state index is 5.56. The lowest BCUT2D eigenvalue weighted by molar-refractivity contribution is 0.406. The highest BCUT2D eigenvalue weighted by atomic mass is 16.5. The molecule has 2 unspecified atom stereocenters. The Balaban J connectivity index is 1.51. The van der Waals surface area contributed by atoms with Gasteiger partial charge in [0, 0.05) is 17.3 Å². The molecule has 0 radical (unpaired) electrons. The summed E-state index contributed by atoms with van der Waals surface area (Å²) in [5, 5.41) is 2.84. The summed E-state index contributed by atoms with van der Waals surface area (Å²) in [6, 6.07) is 26.9. The molecule has 4 aromatic rings.